The molecule has 2 unspecified atom stereocenters. The number of hydrogen-bond acceptors (Lipinski definition) is 5. The molecule has 0 spiro atoms. The van der Waals surface area contributed by atoms with Crippen LogP contribution < -0.4 is 10.6 Å². The lowest BCUT2D eigenvalue weighted by molar-refractivity contribution is -0.0586. The van der Waals surface area contributed by atoms with Crippen LogP contribution in [-0.4, -0.2) is 58.8 Å². The van der Waals surface area contributed by atoms with Crippen molar-refractivity contribution >= 4 is 29.9 Å². The number of rotatable bonds is 3. The molecular weight excluding hydrogens is 394 g/mol. The minimum absolute atomic E-state index is 0. The van der Waals surface area contributed by atoms with Gasteiger partial charge in [0.15, 0.2) is 5.69 Å². The van der Waals surface area contributed by atoms with E-state index < -0.39 is 0 Å². The van der Waals surface area contributed by atoms with Crippen LogP contribution in [0, 0.1) is 0 Å². The predicted octanol–water partition coefficient (Wildman–Crippen LogP) is 1.98. The summed E-state index contributed by atoms with van der Waals surface area (Å²) in [5.41, 5.74) is 3.58. The molecule has 4 rings (SSSR count). The first-order valence-corrected chi connectivity index (χ1v) is 9.64. The van der Waals surface area contributed by atoms with E-state index in [1.807, 2.05) is 18.7 Å². The highest BCUT2D eigenvalue weighted by atomic mass is 35.5. The van der Waals surface area contributed by atoms with Gasteiger partial charge in [0.05, 0.1) is 12.2 Å². The van der Waals surface area contributed by atoms with Gasteiger partial charge in [0.2, 0.25) is 0 Å². The van der Waals surface area contributed by atoms with E-state index in [4.69, 9.17) is 4.74 Å². The van der Waals surface area contributed by atoms with Gasteiger partial charge < -0.3 is 20.3 Å². The van der Waals surface area contributed by atoms with Gasteiger partial charge >= 0.3 is 0 Å². The summed E-state index contributed by atoms with van der Waals surface area (Å²) >= 11 is 0. The van der Waals surface area contributed by atoms with Crippen LogP contribution in [0.2, 0.25) is 0 Å². The second-order valence-electron chi connectivity index (χ2n) is 7.46. The van der Waals surface area contributed by atoms with Gasteiger partial charge in [-0.1, -0.05) is 0 Å². The number of nitrogens with zero attached hydrogens (tertiary/aromatic N) is 2. The lowest BCUT2D eigenvalue weighted by Gasteiger charge is -2.35. The number of carbonyl (C=O) groups is 2. The minimum Gasteiger partial charge on any atom is -0.372 e. The maximum absolute atomic E-state index is 12.7. The molecule has 2 aliphatic rings. The molecule has 2 atom stereocenters. The Morgan fingerprint density at radius 1 is 1.17 bits per heavy atom. The molecule has 2 aromatic rings. The molecule has 1 aromatic heterocycles. The van der Waals surface area contributed by atoms with Crippen molar-refractivity contribution in [2.75, 3.05) is 25.0 Å². The first-order chi connectivity index (χ1) is 13.5. The third-order valence-electron chi connectivity index (χ3n) is 5.12. The Bertz CT molecular complexity index is 873. The fraction of sp³-hybridized carbons (Fsp3) is 0.450. The van der Waals surface area contributed by atoms with E-state index in [0.29, 0.717) is 36.6 Å². The van der Waals surface area contributed by atoms with E-state index >= 15 is 0 Å². The van der Waals surface area contributed by atoms with Crippen LogP contribution in [0.4, 0.5) is 5.69 Å². The van der Waals surface area contributed by atoms with Gasteiger partial charge in [-0.25, -0.2) is 0 Å². The van der Waals surface area contributed by atoms with Crippen molar-refractivity contribution in [3.05, 3.63) is 46.8 Å². The molecule has 1 aromatic carbocycles. The van der Waals surface area contributed by atoms with Crippen LogP contribution >= 0.6 is 12.4 Å². The number of ether oxygens (including phenoxy) is 1. The molecule has 3 heterocycles. The number of amides is 2. The van der Waals surface area contributed by atoms with Crippen LogP contribution in [0.1, 0.15) is 46.0 Å². The van der Waals surface area contributed by atoms with E-state index in [2.05, 4.69) is 20.8 Å². The van der Waals surface area contributed by atoms with Crippen LogP contribution in [0.3, 0.4) is 0 Å². The van der Waals surface area contributed by atoms with E-state index in [1.54, 1.807) is 24.3 Å². The van der Waals surface area contributed by atoms with Gasteiger partial charge in [-0.2, -0.15) is 5.10 Å². The lowest BCUT2D eigenvalue weighted by Crippen LogP contribution is -2.48. The molecule has 1 fully saturated rings. The summed E-state index contributed by atoms with van der Waals surface area (Å²) in [6, 6.07) is 6.97. The van der Waals surface area contributed by atoms with Gasteiger partial charge in [0, 0.05) is 55.1 Å². The third kappa shape index (κ3) is 4.60. The van der Waals surface area contributed by atoms with E-state index in [-0.39, 0.29) is 36.4 Å². The van der Waals surface area contributed by atoms with Crippen molar-refractivity contribution in [3.8, 4) is 0 Å². The Morgan fingerprint density at radius 2 is 1.86 bits per heavy atom. The van der Waals surface area contributed by atoms with E-state index in [0.717, 1.165) is 24.2 Å². The zero-order valence-corrected chi connectivity index (χ0v) is 17.3. The SMILES string of the molecule is CC1CN(C(=O)c2ccc(NC(=O)c3n[nH]c4c3CNCC4)cc2)CC(C)O1.Cl. The molecular formula is C20H26ClN5O3. The maximum atomic E-state index is 12.7. The fourth-order valence-corrected chi connectivity index (χ4v) is 3.83. The molecule has 0 saturated carbocycles. The second kappa shape index (κ2) is 8.94. The first kappa shape index (κ1) is 21.3. The quantitative estimate of drug-likeness (QED) is 0.706. The molecule has 2 amide bonds. The van der Waals surface area contributed by atoms with E-state index in [1.165, 1.54) is 0 Å². The molecule has 156 valence electrons. The number of benzene rings is 1. The van der Waals surface area contributed by atoms with Crippen molar-refractivity contribution in [1.82, 2.24) is 20.4 Å². The average Bonchev–Trinajstić information content (AvgIpc) is 3.11. The van der Waals surface area contributed by atoms with Crippen LogP contribution in [0.15, 0.2) is 24.3 Å². The molecule has 9 heteroatoms. The largest absolute Gasteiger partial charge is 0.372 e. The topological polar surface area (TPSA) is 99.4 Å². The van der Waals surface area contributed by atoms with Gasteiger partial charge in [0.1, 0.15) is 0 Å². The highest BCUT2D eigenvalue weighted by molar-refractivity contribution is 6.04. The fourth-order valence-electron chi connectivity index (χ4n) is 3.83. The molecule has 0 bridgehead atoms. The number of carbonyl (C=O) groups excluding carboxylic acids is 2. The van der Waals surface area contributed by atoms with E-state index in [9.17, 15) is 9.59 Å². The number of aromatic nitrogens is 2. The average molecular weight is 420 g/mol. The molecule has 2 aliphatic heterocycles. The van der Waals surface area contributed by atoms with Crippen molar-refractivity contribution in [2.45, 2.75) is 39.0 Å². The Kier molecular flexibility index (Phi) is 6.56. The van der Waals surface area contributed by atoms with Crippen LogP contribution in [0.5, 0.6) is 0 Å². The Hall–Kier alpha value is -2.42. The first-order valence-electron chi connectivity index (χ1n) is 9.64. The van der Waals surface area contributed by atoms with Gasteiger partial charge in [-0.3, -0.25) is 14.7 Å². The summed E-state index contributed by atoms with van der Waals surface area (Å²) in [7, 11) is 0. The molecule has 3 N–H and O–H groups in total. The molecule has 29 heavy (non-hydrogen) atoms. The van der Waals surface area contributed by atoms with Gasteiger partial charge in [-0.05, 0) is 38.1 Å². The maximum Gasteiger partial charge on any atom is 0.276 e. The summed E-state index contributed by atoms with van der Waals surface area (Å²) < 4.78 is 5.69. The number of anilines is 1. The van der Waals surface area contributed by atoms with Crippen LogP contribution in [0.25, 0.3) is 0 Å². The summed E-state index contributed by atoms with van der Waals surface area (Å²) in [5, 5.41) is 13.2. The third-order valence-corrected chi connectivity index (χ3v) is 5.12. The number of halogens is 1. The standard InChI is InChI=1S/C20H25N5O3.ClH/c1-12-10-25(11-13(2)28-12)20(27)14-3-5-15(6-4-14)22-19(26)18-16-9-21-8-7-17(16)23-24-18;/h3-6,12-13,21H,7-11H2,1-2H3,(H,22,26)(H,23,24);1H. The number of aromatic amines is 1. The zero-order valence-electron chi connectivity index (χ0n) is 16.5. The summed E-state index contributed by atoms with van der Waals surface area (Å²) in [4.78, 5) is 27.1. The molecule has 0 aliphatic carbocycles. The molecule has 1 saturated heterocycles. The second-order valence-corrected chi connectivity index (χ2v) is 7.46. The number of morpholine rings is 1. The van der Waals surface area contributed by atoms with Crippen LogP contribution in [-0.2, 0) is 17.7 Å². The Labute approximate surface area is 175 Å². The highest BCUT2D eigenvalue weighted by Crippen LogP contribution is 2.19. The molecule has 0 radical (unpaired) electrons. The summed E-state index contributed by atoms with van der Waals surface area (Å²) in [6.45, 7) is 6.63. The lowest BCUT2D eigenvalue weighted by atomic mass is 10.1. The summed E-state index contributed by atoms with van der Waals surface area (Å²) in [5.74, 6) is -0.275. The minimum atomic E-state index is -0.254. The van der Waals surface area contributed by atoms with Gasteiger partial charge in [-0.15, -0.1) is 12.4 Å². The Morgan fingerprint density at radius 3 is 2.55 bits per heavy atom. The van der Waals surface area contributed by atoms with Crippen molar-refractivity contribution in [1.29, 1.82) is 0 Å². The van der Waals surface area contributed by atoms with Crippen molar-refractivity contribution < 1.29 is 14.3 Å². The predicted molar refractivity (Wildman–Crippen MR) is 112 cm³/mol. The van der Waals surface area contributed by atoms with Crippen molar-refractivity contribution in [3.63, 3.8) is 0 Å². The summed E-state index contributed by atoms with van der Waals surface area (Å²) in [6.07, 6.45) is 0.895. The van der Waals surface area contributed by atoms with Gasteiger partial charge in [0.25, 0.3) is 11.8 Å². The zero-order chi connectivity index (χ0) is 19.7. The Balaban J connectivity index is 0.00000240. The number of H-pyrrole nitrogens is 1. The number of fused-ring (bicyclic) bond motifs is 1. The smallest absolute Gasteiger partial charge is 0.276 e. The number of nitrogens with one attached hydrogen (secondary N) is 3. The normalized spacial score (nSPS) is 21.1. The number of hydrogen-bond donors (Lipinski definition) is 3. The molecule has 8 nitrogen and oxygen atoms in total. The van der Waals surface area contributed by atoms with Crippen molar-refractivity contribution in [2.24, 2.45) is 0 Å². The highest BCUT2D eigenvalue weighted by Gasteiger charge is 2.26. The monoisotopic (exact) mass is 419 g/mol.